The summed E-state index contributed by atoms with van der Waals surface area (Å²) in [5, 5.41) is 16.1. The molecule has 2 aromatic rings. The predicted octanol–water partition coefficient (Wildman–Crippen LogP) is -0.831. The molecule has 0 unspecified atom stereocenters. The van der Waals surface area contributed by atoms with E-state index in [0.29, 0.717) is 25.3 Å². The molecule has 2 N–H and O–H groups in total. The van der Waals surface area contributed by atoms with Gasteiger partial charge in [0.2, 0.25) is 15.9 Å². The topological polar surface area (TPSA) is 123 Å². The zero-order valence-corrected chi connectivity index (χ0v) is 11.5. The molecule has 0 saturated carbocycles. The van der Waals surface area contributed by atoms with Crippen molar-refractivity contribution in [3.05, 3.63) is 24.6 Å². The van der Waals surface area contributed by atoms with E-state index in [9.17, 15) is 8.42 Å². The van der Waals surface area contributed by atoms with Crippen molar-refractivity contribution >= 4 is 10.0 Å². The maximum Gasteiger partial charge on any atom is 0.243 e. The fourth-order valence-electron chi connectivity index (χ4n) is 1.52. The SMILES string of the molecule is O=S(=O)(NCCc1ncno1)c1cnn(CCCO)c1. The van der Waals surface area contributed by atoms with Crippen LogP contribution in [0.15, 0.2) is 28.1 Å². The highest BCUT2D eigenvalue weighted by atomic mass is 32.2. The van der Waals surface area contributed by atoms with Crippen LogP contribution < -0.4 is 4.72 Å². The molecule has 20 heavy (non-hydrogen) atoms. The number of aromatic nitrogens is 4. The number of hydrogen-bond donors (Lipinski definition) is 2. The molecule has 2 heterocycles. The molecule has 0 atom stereocenters. The Morgan fingerprint density at radius 2 is 2.30 bits per heavy atom. The number of nitrogens with zero attached hydrogens (tertiary/aromatic N) is 4. The van der Waals surface area contributed by atoms with Crippen LogP contribution in [-0.2, 0) is 23.0 Å². The van der Waals surface area contributed by atoms with Crippen LogP contribution in [-0.4, -0.2) is 46.6 Å². The molecule has 0 saturated heterocycles. The largest absolute Gasteiger partial charge is 0.396 e. The van der Waals surface area contributed by atoms with Crippen LogP contribution in [0, 0.1) is 0 Å². The molecular weight excluding hydrogens is 286 g/mol. The number of aliphatic hydroxyl groups excluding tert-OH is 1. The number of sulfonamides is 1. The van der Waals surface area contributed by atoms with Gasteiger partial charge < -0.3 is 9.63 Å². The minimum atomic E-state index is -3.60. The van der Waals surface area contributed by atoms with Gasteiger partial charge in [-0.15, -0.1) is 0 Å². The molecule has 0 aliphatic rings. The molecule has 0 aliphatic carbocycles. The molecule has 0 amide bonds. The van der Waals surface area contributed by atoms with Gasteiger partial charge in [-0.3, -0.25) is 4.68 Å². The number of rotatable bonds is 8. The first-order valence-corrected chi connectivity index (χ1v) is 7.48. The molecular formula is C10H15N5O4S. The standard InChI is InChI=1S/C10H15N5O4S/c16-5-1-4-15-7-9(6-12-15)20(17,18)14-3-2-10-11-8-13-19-10/h6-8,14,16H,1-5H2. The second-order valence-corrected chi connectivity index (χ2v) is 5.77. The zero-order chi connectivity index (χ0) is 14.4. The van der Waals surface area contributed by atoms with Crippen molar-refractivity contribution in [1.82, 2.24) is 24.6 Å². The van der Waals surface area contributed by atoms with Crippen molar-refractivity contribution in [2.24, 2.45) is 0 Å². The van der Waals surface area contributed by atoms with Gasteiger partial charge in [-0.25, -0.2) is 13.1 Å². The minimum absolute atomic E-state index is 0.0321. The summed E-state index contributed by atoms with van der Waals surface area (Å²) in [6, 6.07) is 0. The summed E-state index contributed by atoms with van der Waals surface area (Å²) >= 11 is 0. The Morgan fingerprint density at radius 1 is 1.45 bits per heavy atom. The zero-order valence-electron chi connectivity index (χ0n) is 10.6. The van der Waals surface area contributed by atoms with E-state index in [0.717, 1.165) is 0 Å². The molecule has 110 valence electrons. The summed E-state index contributed by atoms with van der Waals surface area (Å²) in [5.41, 5.74) is 0. The lowest BCUT2D eigenvalue weighted by Gasteiger charge is -2.02. The van der Waals surface area contributed by atoms with Gasteiger partial charge in [0.25, 0.3) is 0 Å². The fraction of sp³-hybridized carbons (Fsp3) is 0.500. The van der Waals surface area contributed by atoms with Crippen molar-refractivity contribution in [1.29, 1.82) is 0 Å². The van der Waals surface area contributed by atoms with E-state index in [-0.39, 0.29) is 18.0 Å². The van der Waals surface area contributed by atoms with Crippen LogP contribution in [0.3, 0.4) is 0 Å². The summed E-state index contributed by atoms with van der Waals surface area (Å²) in [4.78, 5) is 3.88. The lowest BCUT2D eigenvalue weighted by atomic mass is 10.4. The molecule has 10 heteroatoms. The summed E-state index contributed by atoms with van der Waals surface area (Å²) < 4.78 is 32.6. The van der Waals surface area contributed by atoms with E-state index in [2.05, 4.69) is 20.0 Å². The maximum absolute atomic E-state index is 12.0. The Morgan fingerprint density at radius 3 is 3.00 bits per heavy atom. The highest BCUT2D eigenvalue weighted by Crippen LogP contribution is 2.07. The first-order chi connectivity index (χ1) is 9.62. The van der Waals surface area contributed by atoms with Crippen LogP contribution in [0.2, 0.25) is 0 Å². The van der Waals surface area contributed by atoms with E-state index >= 15 is 0 Å². The van der Waals surface area contributed by atoms with Gasteiger partial charge >= 0.3 is 0 Å². The van der Waals surface area contributed by atoms with E-state index in [1.165, 1.54) is 23.4 Å². The van der Waals surface area contributed by atoms with Gasteiger partial charge in [-0.2, -0.15) is 10.1 Å². The van der Waals surface area contributed by atoms with Crippen molar-refractivity contribution in [2.45, 2.75) is 24.3 Å². The average molecular weight is 301 g/mol. The average Bonchev–Trinajstić information content (AvgIpc) is 3.07. The van der Waals surface area contributed by atoms with Crippen molar-refractivity contribution < 1.29 is 18.0 Å². The van der Waals surface area contributed by atoms with Crippen LogP contribution in [0.5, 0.6) is 0 Å². The van der Waals surface area contributed by atoms with Gasteiger partial charge in [0, 0.05) is 32.3 Å². The predicted molar refractivity (Wildman–Crippen MR) is 67.1 cm³/mol. The summed E-state index contributed by atoms with van der Waals surface area (Å²) in [6.45, 7) is 0.657. The molecule has 0 fully saturated rings. The van der Waals surface area contributed by atoms with E-state index in [4.69, 9.17) is 9.63 Å². The monoisotopic (exact) mass is 301 g/mol. The van der Waals surface area contributed by atoms with Gasteiger partial charge in [-0.1, -0.05) is 5.16 Å². The summed E-state index contributed by atoms with van der Waals surface area (Å²) in [7, 11) is -3.60. The Hall–Kier alpha value is -1.78. The number of nitrogens with one attached hydrogen (secondary N) is 1. The van der Waals surface area contributed by atoms with Crippen molar-refractivity contribution in [3.8, 4) is 0 Å². The molecule has 0 aromatic carbocycles. The lowest BCUT2D eigenvalue weighted by Crippen LogP contribution is -2.25. The van der Waals surface area contributed by atoms with Crippen LogP contribution in [0.25, 0.3) is 0 Å². The molecule has 9 nitrogen and oxygen atoms in total. The van der Waals surface area contributed by atoms with Crippen molar-refractivity contribution in [2.75, 3.05) is 13.2 Å². The van der Waals surface area contributed by atoms with Gasteiger partial charge in [-0.05, 0) is 6.42 Å². The first-order valence-electron chi connectivity index (χ1n) is 6.00. The van der Waals surface area contributed by atoms with Crippen LogP contribution in [0.4, 0.5) is 0 Å². The van der Waals surface area contributed by atoms with Crippen LogP contribution >= 0.6 is 0 Å². The molecule has 0 bridgehead atoms. The molecule has 0 spiro atoms. The fourth-order valence-corrected chi connectivity index (χ4v) is 2.50. The summed E-state index contributed by atoms with van der Waals surface area (Å²) in [5.74, 6) is 0.367. The number of aliphatic hydroxyl groups is 1. The quantitative estimate of drug-likeness (QED) is 0.652. The van der Waals surface area contributed by atoms with Crippen LogP contribution in [0.1, 0.15) is 12.3 Å². The highest BCUT2D eigenvalue weighted by molar-refractivity contribution is 7.89. The Labute approximate surface area is 115 Å². The Balaban J connectivity index is 1.90. The normalized spacial score (nSPS) is 11.8. The third-order valence-electron chi connectivity index (χ3n) is 2.50. The van der Waals surface area contributed by atoms with Gasteiger partial charge in [0.15, 0.2) is 6.33 Å². The van der Waals surface area contributed by atoms with Crippen molar-refractivity contribution in [3.63, 3.8) is 0 Å². The second-order valence-electron chi connectivity index (χ2n) is 4.00. The van der Waals surface area contributed by atoms with E-state index in [1.54, 1.807) is 0 Å². The summed E-state index contributed by atoms with van der Waals surface area (Å²) in [6.07, 6.45) is 4.79. The highest BCUT2D eigenvalue weighted by Gasteiger charge is 2.16. The molecule has 2 rings (SSSR count). The number of aryl methyl sites for hydroxylation is 1. The second kappa shape index (κ2) is 6.59. The lowest BCUT2D eigenvalue weighted by molar-refractivity contribution is 0.277. The Bertz CT molecular complexity index is 622. The molecule has 2 aromatic heterocycles. The van der Waals surface area contributed by atoms with Gasteiger partial charge in [0.1, 0.15) is 4.90 Å². The maximum atomic E-state index is 12.0. The number of hydrogen-bond acceptors (Lipinski definition) is 7. The Kier molecular flexibility index (Phi) is 4.82. The molecule has 0 radical (unpaired) electrons. The van der Waals surface area contributed by atoms with E-state index < -0.39 is 10.0 Å². The third kappa shape index (κ3) is 3.85. The van der Waals surface area contributed by atoms with Gasteiger partial charge in [0.05, 0.1) is 6.20 Å². The third-order valence-corrected chi connectivity index (χ3v) is 3.92. The molecule has 0 aliphatic heterocycles. The minimum Gasteiger partial charge on any atom is -0.396 e. The smallest absolute Gasteiger partial charge is 0.243 e. The van der Waals surface area contributed by atoms with E-state index in [1.807, 2.05) is 0 Å². The first kappa shape index (κ1) is 14.6.